The van der Waals surface area contributed by atoms with E-state index in [1.54, 1.807) is 24.3 Å². The second kappa shape index (κ2) is 5.65. The second-order valence-electron chi connectivity index (χ2n) is 4.52. The van der Waals surface area contributed by atoms with E-state index < -0.39 is 0 Å². The van der Waals surface area contributed by atoms with Crippen molar-refractivity contribution in [3.8, 4) is 5.69 Å². The van der Waals surface area contributed by atoms with Crippen molar-refractivity contribution >= 4 is 22.5 Å². The van der Waals surface area contributed by atoms with E-state index in [0.29, 0.717) is 27.4 Å². The molecular weight excluding hydrogens is 288 g/mol. The SMILES string of the molecule is NNCc1nc2ccccc2c(=O)n1-c1ccccc1Cl. The van der Waals surface area contributed by atoms with Gasteiger partial charge in [-0.2, -0.15) is 0 Å². The lowest BCUT2D eigenvalue weighted by molar-refractivity contribution is 0.674. The molecule has 1 aromatic heterocycles. The predicted molar refractivity (Wildman–Crippen MR) is 83.4 cm³/mol. The van der Waals surface area contributed by atoms with Crippen LogP contribution in [0.2, 0.25) is 5.02 Å². The minimum absolute atomic E-state index is 0.168. The van der Waals surface area contributed by atoms with Gasteiger partial charge in [0.05, 0.1) is 28.2 Å². The van der Waals surface area contributed by atoms with Crippen LogP contribution in [-0.4, -0.2) is 9.55 Å². The summed E-state index contributed by atoms with van der Waals surface area (Å²) in [7, 11) is 0. The molecule has 0 bridgehead atoms. The zero-order valence-corrected chi connectivity index (χ0v) is 11.8. The highest BCUT2D eigenvalue weighted by Gasteiger charge is 2.13. The van der Waals surface area contributed by atoms with Crippen molar-refractivity contribution in [2.24, 2.45) is 5.84 Å². The summed E-state index contributed by atoms with van der Waals surface area (Å²) in [5.41, 5.74) is 3.60. The van der Waals surface area contributed by atoms with E-state index in [1.807, 2.05) is 24.3 Å². The number of para-hydroxylation sites is 2. The van der Waals surface area contributed by atoms with E-state index in [2.05, 4.69) is 10.4 Å². The number of rotatable bonds is 3. The maximum absolute atomic E-state index is 12.8. The summed E-state index contributed by atoms with van der Waals surface area (Å²) < 4.78 is 1.49. The Bertz CT molecular complexity index is 860. The normalized spacial score (nSPS) is 11.0. The van der Waals surface area contributed by atoms with Crippen molar-refractivity contribution in [1.29, 1.82) is 0 Å². The van der Waals surface area contributed by atoms with Crippen LogP contribution in [0.5, 0.6) is 0 Å². The van der Waals surface area contributed by atoms with Crippen molar-refractivity contribution in [2.75, 3.05) is 0 Å². The Morgan fingerprint density at radius 2 is 1.86 bits per heavy atom. The number of aromatic nitrogens is 2. The molecule has 3 rings (SSSR count). The van der Waals surface area contributed by atoms with Gasteiger partial charge in [-0.15, -0.1) is 0 Å². The average Bonchev–Trinajstić information content (AvgIpc) is 2.49. The molecule has 0 radical (unpaired) electrons. The van der Waals surface area contributed by atoms with Gasteiger partial charge in [0.15, 0.2) is 0 Å². The minimum Gasteiger partial charge on any atom is -0.271 e. The van der Waals surface area contributed by atoms with Crippen LogP contribution in [0.4, 0.5) is 0 Å². The van der Waals surface area contributed by atoms with Gasteiger partial charge >= 0.3 is 0 Å². The van der Waals surface area contributed by atoms with Gasteiger partial charge in [-0.3, -0.25) is 20.6 Å². The number of nitrogens with zero attached hydrogens (tertiary/aromatic N) is 2. The topological polar surface area (TPSA) is 72.9 Å². The molecule has 1 heterocycles. The molecule has 2 aromatic carbocycles. The Morgan fingerprint density at radius 1 is 1.14 bits per heavy atom. The van der Waals surface area contributed by atoms with Gasteiger partial charge in [0, 0.05) is 0 Å². The average molecular weight is 301 g/mol. The first kappa shape index (κ1) is 13.8. The van der Waals surface area contributed by atoms with Crippen molar-refractivity contribution in [1.82, 2.24) is 15.0 Å². The molecule has 0 aliphatic rings. The lowest BCUT2D eigenvalue weighted by Gasteiger charge is -2.14. The summed E-state index contributed by atoms with van der Waals surface area (Å²) in [5.74, 6) is 5.91. The molecule has 0 amide bonds. The van der Waals surface area contributed by atoms with E-state index in [1.165, 1.54) is 4.57 Å². The molecule has 0 fully saturated rings. The number of hydrogen-bond acceptors (Lipinski definition) is 4. The number of nitrogens with two attached hydrogens (primary N) is 1. The lowest BCUT2D eigenvalue weighted by atomic mass is 10.2. The first-order chi connectivity index (χ1) is 10.2. The first-order valence-corrected chi connectivity index (χ1v) is 6.79. The molecule has 3 aromatic rings. The largest absolute Gasteiger partial charge is 0.271 e. The molecular formula is C15H13ClN4O. The third kappa shape index (κ3) is 2.42. The third-order valence-electron chi connectivity index (χ3n) is 3.20. The molecule has 0 spiro atoms. The molecule has 0 aliphatic heterocycles. The molecule has 6 heteroatoms. The second-order valence-corrected chi connectivity index (χ2v) is 4.93. The molecule has 0 unspecified atom stereocenters. The zero-order chi connectivity index (χ0) is 14.8. The van der Waals surface area contributed by atoms with Crippen molar-refractivity contribution in [3.63, 3.8) is 0 Å². The standard InChI is InChI=1S/C15H13ClN4O/c16-11-6-2-4-8-13(11)20-14(9-18-17)19-12-7-3-1-5-10(12)15(20)21/h1-8,18H,9,17H2. The zero-order valence-electron chi connectivity index (χ0n) is 11.1. The van der Waals surface area contributed by atoms with Gasteiger partial charge in [-0.25, -0.2) is 4.98 Å². The summed E-state index contributed by atoms with van der Waals surface area (Å²) in [6, 6.07) is 14.3. The molecule has 106 valence electrons. The van der Waals surface area contributed by atoms with Crippen molar-refractivity contribution in [3.05, 3.63) is 69.7 Å². The van der Waals surface area contributed by atoms with Crippen LogP contribution in [-0.2, 0) is 6.54 Å². The maximum Gasteiger partial charge on any atom is 0.266 e. The fraction of sp³-hybridized carbons (Fsp3) is 0.0667. The maximum atomic E-state index is 12.8. The molecule has 21 heavy (non-hydrogen) atoms. The van der Waals surface area contributed by atoms with Crippen molar-refractivity contribution in [2.45, 2.75) is 6.54 Å². The van der Waals surface area contributed by atoms with Gasteiger partial charge < -0.3 is 0 Å². The number of fused-ring (bicyclic) bond motifs is 1. The van der Waals surface area contributed by atoms with Crippen LogP contribution in [0.25, 0.3) is 16.6 Å². The fourth-order valence-electron chi connectivity index (χ4n) is 2.27. The van der Waals surface area contributed by atoms with E-state index in [-0.39, 0.29) is 12.1 Å². The van der Waals surface area contributed by atoms with Crippen LogP contribution >= 0.6 is 11.6 Å². The Morgan fingerprint density at radius 3 is 2.62 bits per heavy atom. The van der Waals surface area contributed by atoms with Crippen LogP contribution in [0, 0.1) is 0 Å². The summed E-state index contributed by atoms with van der Waals surface area (Å²) in [4.78, 5) is 17.3. The smallest absolute Gasteiger partial charge is 0.266 e. The van der Waals surface area contributed by atoms with Crippen LogP contribution in [0.1, 0.15) is 5.82 Å². The Labute approximate surface area is 126 Å². The molecule has 3 N–H and O–H groups in total. The Kier molecular flexibility index (Phi) is 3.70. The summed E-state index contributed by atoms with van der Waals surface area (Å²) >= 11 is 6.21. The number of benzene rings is 2. The van der Waals surface area contributed by atoms with Gasteiger partial charge in [0.1, 0.15) is 5.82 Å². The number of hydrazine groups is 1. The van der Waals surface area contributed by atoms with Crippen molar-refractivity contribution < 1.29 is 0 Å². The van der Waals surface area contributed by atoms with Gasteiger partial charge in [0.2, 0.25) is 0 Å². The first-order valence-electron chi connectivity index (χ1n) is 6.41. The van der Waals surface area contributed by atoms with E-state index in [0.717, 1.165) is 0 Å². The lowest BCUT2D eigenvalue weighted by Crippen LogP contribution is -2.30. The minimum atomic E-state index is -0.168. The van der Waals surface area contributed by atoms with E-state index in [4.69, 9.17) is 17.4 Å². The van der Waals surface area contributed by atoms with Crippen LogP contribution in [0.3, 0.4) is 0 Å². The van der Waals surface area contributed by atoms with Crippen LogP contribution in [0.15, 0.2) is 53.3 Å². The molecule has 5 nitrogen and oxygen atoms in total. The molecule has 0 atom stereocenters. The predicted octanol–water partition coefficient (Wildman–Crippen LogP) is 2.00. The van der Waals surface area contributed by atoms with E-state index >= 15 is 0 Å². The molecule has 0 aliphatic carbocycles. The summed E-state index contributed by atoms with van der Waals surface area (Å²) in [5, 5.41) is 1.02. The quantitative estimate of drug-likeness (QED) is 0.573. The molecule has 0 saturated carbocycles. The van der Waals surface area contributed by atoms with Crippen LogP contribution < -0.4 is 16.8 Å². The summed E-state index contributed by atoms with van der Waals surface area (Å²) in [6.45, 7) is 0.255. The molecule has 0 saturated heterocycles. The number of hydrogen-bond donors (Lipinski definition) is 2. The summed E-state index contributed by atoms with van der Waals surface area (Å²) in [6.07, 6.45) is 0. The fourth-order valence-corrected chi connectivity index (χ4v) is 2.49. The number of nitrogens with one attached hydrogen (secondary N) is 1. The Balaban J connectivity index is 2.40. The Hall–Kier alpha value is -2.21. The highest BCUT2D eigenvalue weighted by molar-refractivity contribution is 6.32. The monoisotopic (exact) mass is 300 g/mol. The van der Waals surface area contributed by atoms with Gasteiger partial charge in [-0.05, 0) is 24.3 Å². The van der Waals surface area contributed by atoms with Gasteiger partial charge in [-0.1, -0.05) is 35.9 Å². The highest BCUT2D eigenvalue weighted by atomic mass is 35.5. The van der Waals surface area contributed by atoms with Gasteiger partial charge in [0.25, 0.3) is 5.56 Å². The number of halogens is 1. The third-order valence-corrected chi connectivity index (χ3v) is 3.52. The highest BCUT2D eigenvalue weighted by Crippen LogP contribution is 2.20. The van der Waals surface area contributed by atoms with E-state index in [9.17, 15) is 4.79 Å².